The van der Waals surface area contributed by atoms with Crippen molar-refractivity contribution in [3.8, 4) is 22.6 Å². The van der Waals surface area contributed by atoms with E-state index in [4.69, 9.17) is 9.47 Å². The van der Waals surface area contributed by atoms with Gasteiger partial charge in [-0.1, -0.05) is 40.2 Å². The highest BCUT2D eigenvalue weighted by Gasteiger charge is 2.18. The van der Waals surface area contributed by atoms with Crippen LogP contribution >= 0.6 is 15.9 Å². The van der Waals surface area contributed by atoms with Crippen molar-refractivity contribution in [2.75, 3.05) is 18.5 Å². The van der Waals surface area contributed by atoms with Gasteiger partial charge in [-0.2, -0.15) is 5.10 Å². The van der Waals surface area contributed by atoms with Gasteiger partial charge < -0.3 is 14.8 Å². The van der Waals surface area contributed by atoms with E-state index in [-0.39, 0.29) is 12.5 Å². The molecule has 146 valence electrons. The molecule has 0 bridgehead atoms. The standard InChI is InChI=1S/C21H22BrN3O3/c1-4-27-17-7-5-6-8-18(17)28-13-19(26)23-21-20(14(2)24-25(21)3)15-9-11-16(22)12-10-15/h5-12H,4,13H2,1-3H3,(H,23,26). The van der Waals surface area contributed by atoms with Gasteiger partial charge in [0, 0.05) is 17.1 Å². The molecule has 0 unspecified atom stereocenters. The number of amides is 1. The summed E-state index contributed by atoms with van der Waals surface area (Å²) in [7, 11) is 1.80. The molecule has 6 nitrogen and oxygen atoms in total. The first-order valence-corrected chi connectivity index (χ1v) is 9.73. The summed E-state index contributed by atoms with van der Waals surface area (Å²) >= 11 is 3.44. The molecule has 0 aliphatic heterocycles. The molecule has 0 saturated carbocycles. The van der Waals surface area contributed by atoms with Crippen molar-refractivity contribution in [2.45, 2.75) is 13.8 Å². The molecule has 1 heterocycles. The number of hydrogen-bond acceptors (Lipinski definition) is 4. The van der Waals surface area contributed by atoms with Crippen LogP contribution in [0, 0.1) is 6.92 Å². The van der Waals surface area contributed by atoms with Gasteiger partial charge in [-0.15, -0.1) is 0 Å². The first-order valence-electron chi connectivity index (χ1n) is 8.93. The normalized spacial score (nSPS) is 10.6. The third-order valence-electron chi connectivity index (χ3n) is 4.12. The summed E-state index contributed by atoms with van der Waals surface area (Å²) in [6, 6.07) is 15.2. The number of halogens is 1. The number of carbonyl (C=O) groups excluding carboxylic acids is 1. The molecule has 3 aromatic rings. The van der Waals surface area contributed by atoms with Crippen LogP contribution in [0.2, 0.25) is 0 Å². The number of nitrogens with one attached hydrogen (secondary N) is 1. The highest BCUT2D eigenvalue weighted by atomic mass is 79.9. The summed E-state index contributed by atoms with van der Waals surface area (Å²) in [4.78, 5) is 12.5. The molecule has 0 radical (unpaired) electrons. The fourth-order valence-electron chi connectivity index (χ4n) is 2.92. The van der Waals surface area contributed by atoms with Crippen LogP contribution in [0.3, 0.4) is 0 Å². The van der Waals surface area contributed by atoms with Crippen molar-refractivity contribution in [3.63, 3.8) is 0 Å². The van der Waals surface area contributed by atoms with Gasteiger partial charge in [-0.05, 0) is 43.7 Å². The fourth-order valence-corrected chi connectivity index (χ4v) is 3.18. The van der Waals surface area contributed by atoms with E-state index in [1.165, 1.54) is 0 Å². The van der Waals surface area contributed by atoms with E-state index in [9.17, 15) is 4.79 Å². The van der Waals surface area contributed by atoms with Crippen LogP contribution < -0.4 is 14.8 Å². The molecule has 0 aliphatic rings. The zero-order chi connectivity index (χ0) is 20.1. The zero-order valence-corrected chi connectivity index (χ0v) is 17.6. The predicted octanol–water partition coefficient (Wildman–Crippen LogP) is 4.57. The molecule has 7 heteroatoms. The molecule has 1 N–H and O–H groups in total. The van der Waals surface area contributed by atoms with E-state index in [0.717, 1.165) is 21.3 Å². The topological polar surface area (TPSA) is 65.4 Å². The summed E-state index contributed by atoms with van der Waals surface area (Å²) in [5, 5.41) is 7.37. The summed E-state index contributed by atoms with van der Waals surface area (Å²) in [5.74, 6) is 1.51. The van der Waals surface area contributed by atoms with E-state index >= 15 is 0 Å². The monoisotopic (exact) mass is 443 g/mol. The van der Waals surface area contributed by atoms with Crippen molar-refractivity contribution >= 4 is 27.7 Å². The fraction of sp³-hybridized carbons (Fsp3) is 0.238. The van der Waals surface area contributed by atoms with Gasteiger partial charge in [0.05, 0.1) is 12.3 Å². The largest absolute Gasteiger partial charge is 0.490 e. The Morgan fingerprint density at radius 1 is 1.11 bits per heavy atom. The number of aryl methyl sites for hydroxylation is 2. The van der Waals surface area contributed by atoms with Crippen LogP contribution in [-0.2, 0) is 11.8 Å². The minimum atomic E-state index is -0.271. The second-order valence-corrected chi connectivity index (χ2v) is 7.07. The van der Waals surface area contributed by atoms with E-state index in [1.54, 1.807) is 17.8 Å². The highest BCUT2D eigenvalue weighted by Crippen LogP contribution is 2.32. The molecule has 28 heavy (non-hydrogen) atoms. The van der Waals surface area contributed by atoms with Gasteiger partial charge in [0.25, 0.3) is 5.91 Å². The number of anilines is 1. The lowest BCUT2D eigenvalue weighted by Gasteiger charge is -2.12. The van der Waals surface area contributed by atoms with Crippen LogP contribution in [0.4, 0.5) is 5.82 Å². The van der Waals surface area contributed by atoms with Crippen molar-refractivity contribution in [1.29, 1.82) is 0 Å². The molecule has 1 amide bonds. The summed E-state index contributed by atoms with van der Waals surface area (Å²) in [6.45, 7) is 4.21. The van der Waals surface area contributed by atoms with E-state index in [2.05, 4.69) is 26.3 Å². The van der Waals surface area contributed by atoms with Crippen molar-refractivity contribution in [1.82, 2.24) is 9.78 Å². The number of hydrogen-bond donors (Lipinski definition) is 1. The molecule has 3 rings (SSSR count). The Bertz CT molecular complexity index is 968. The average molecular weight is 444 g/mol. The number of rotatable bonds is 7. The summed E-state index contributed by atoms with van der Waals surface area (Å²) in [6.07, 6.45) is 0. The Labute approximate surface area is 172 Å². The number of carbonyl (C=O) groups is 1. The molecular formula is C21H22BrN3O3. The molecular weight excluding hydrogens is 422 g/mol. The number of nitrogens with zero attached hydrogens (tertiary/aromatic N) is 2. The minimum Gasteiger partial charge on any atom is -0.490 e. The third kappa shape index (κ3) is 4.54. The quantitative estimate of drug-likeness (QED) is 0.580. The molecule has 0 spiro atoms. The summed E-state index contributed by atoms with van der Waals surface area (Å²) in [5.41, 5.74) is 2.70. The Balaban J connectivity index is 1.75. The van der Waals surface area contributed by atoms with Gasteiger partial charge in [-0.25, -0.2) is 0 Å². The number of para-hydroxylation sites is 2. The number of aromatic nitrogens is 2. The van der Waals surface area contributed by atoms with Gasteiger partial charge >= 0.3 is 0 Å². The van der Waals surface area contributed by atoms with E-state index < -0.39 is 0 Å². The van der Waals surface area contributed by atoms with Gasteiger partial charge in [-0.3, -0.25) is 9.48 Å². The molecule has 0 fully saturated rings. The molecule has 2 aromatic carbocycles. The molecule has 0 aliphatic carbocycles. The summed E-state index contributed by atoms with van der Waals surface area (Å²) < 4.78 is 13.8. The molecule has 0 atom stereocenters. The highest BCUT2D eigenvalue weighted by molar-refractivity contribution is 9.10. The van der Waals surface area contributed by atoms with Crippen LogP contribution in [-0.4, -0.2) is 28.9 Å². The van der Waals surface area contributed by atoms with Crippen molar-refractivity contribution in [3.05, 3.63) is 58.7 Å². The third-order valence-corrected chi connectivity index (χ3v) is 4.65. The van der Waals surface area contributed by atoms with Crippen LogP contribution in [0.25, 0.3) is 11.1 Å². The smallest absolute Gasteiger partial charge is 0.263 e. The molecule has 0 saturated heterocycles. The van der Waals surface area contributed by atoms with Crippen molar-refractivity contribution < 1.29 is 14.3 Å². The van der Waals surface area contributed by atoms with E-state index in [0.29, 0.717) is 23.9 Å². The maximum absolute atomic E-state index is 12.5. The second-order valence-electron chi connectivity index (χ2n) is 6.16. The van der Waals surface area contributed by atoms with E-state index in [1.807, 2.05) is 56.3 Å². The Hall–Kier alpha value is -2.80. The van der Waals surface area contributed by atoms with Gasteiger partial charge in [0.2, 0.25) is 0 Å². The van der Waals surface area contributed by atoms with Crippen LogP contribution in [0.15, 0.2) is 53.0 Å². The average Bonchev–Trinajstić information content (AvgIpc) is 2.95. The number of benzene rings is 2. The first kappa shape index (κ1) is 19.9. The minimum absolute atomic E-state index is 0.131. The Morgan fingerprint density at radius 3 is 2.39 bits per heavy atom. The van der Waals surface area contributed by atoms with Crippen LogP contribution in [0.1, 0.15) is 12.6 Å². The second kappa shape index (κ2) is 8.93. The lowest BCUT2D eigenvalue weighted by Crippen LogP contribution is -2.22. The van der Waals surface area contributed by atoms with Crippen LogP contribution in [0.5, 0.6) is 11.5 Å². The lowest BCUT2D eigenvalue weighted by molar-refractivity contribution is -0.118. The first-order chi connectivity index (χ1) is 13.5. The predicted molar refractivity (Wildman–Crippen MR) is 113 cm³/mol. The maximum Gasteiger partial charge on any atom is 0.263 e. The zero-order valence-electron chi connectivity index (χ0n) is 16.0. The molecule has 1 aromatic heterocycles. The van der Waals surface area contributed by atoms with Crippen molar-refractivity contribution in [2.24, 2.45) is 7.05 Å². The van der Waals surface area contributed by atoms with Gasteiger partial charge in [0.15, 0.2) is 18.1 Å². The SMILES string of the molecule is CCOc1ccccc1OCC(=O)Nc1c(-c2ccc(Br)cc2)c(C)nn1C. The Kier molecular flexibility index (Phi) is 6.36. The number of ether oxygens (including phenoxy) is 2. The maximum atomic E-state index is 12.5. The van der Waals surface area contributed by atoms with Gasteiger partial charge in [0.1, 0.15) is 5.82 Å². The lowest BCUT2D eigenvalue weighted by atomic mass is 10.1. The Morgan fingerprint density at radius 2 is 1.75 bits per heavy atom.